The van der Waals surface area contributed by atoms with Crippen LogP contribution in [0.2, 0.25) is 0 Å². The molecule has 0 bridgehead atoms. The Balaban J connectivity index is 2.27. The van der Waals surface area contributed by atoms with Gasteiger partial charge in [0, 0.05) is 19.7 Å². The quantitative estimate of drug-likeness (QED) is 0.615. The van der Waals surface area contributed by atoms with Crippen LogP contribution in [0.4, 0.5) is 11.4 Å². The number of anilines is 1. The lowest BCUT2D eigenvalue weighted by Gasteiger charge is -2.11. The zero-order chi connectivity index (χ0) is 15.0. The van der Waals surface area contributed by atoms with Crippen molar-refractivity contribution in [3.63, 3.8) is 0 Å². The number of nitro benzene ring substituents is 1. The van der Waals surface area contributed by atoms with Crippen LogP contribution >= 0.6 is 0 Å². The lowest BCUT2D eigenvalue weighted by molar-refractivity contribution is -0.384. The molecule has 0 unspecified atom stereocenters. The van der Waals surface area contributed by atoms with Gasteiger partial charge < -0.3 is 5.32 Å². The number of nitrogens with one attached hydrogen (secondary N) is 2. The van der Waals surface area contributed by atoms with Crippen LogP contribution in [-0.4, -0.2) is 26.9 Å². The number of rotatable bonds is 6. The van der Waals surface area contributed by atoms with Crippen molar-refractivity contribution >= 4 is 21.4 Å². The molecule has 0 atom stereocenters. The zero-order valence-electron chi connectivity index (χ0n) is 11.3. The van der Waals surface area contributed by atoms with Gasteiger partial charge in [0.05, 0.1) is 9.82 Å². The number of nitrogens with zero attached hydrogens (tertiary/aromatic N) is 1. The number of hydrogen-bond acceptors (Lipinski definition) is 5. The summed E-state index contributed by atoms with van der Waals surface area (Å²) in [6, 6.07) is 3.82. The number of nitro groups is 1. The SMILES string of the molecule is CNc1ccc(S(=O)(=O)NCC2(C)CC2)cc1[N+](=O)[O-]. The molecule has 7 nitrogen and oxygen atoms in total. The van der Waals surface area contributed by atoms with Gasteiger partial charge in [-0.15, -0.1) is 0 Å². The molecule has 0 saturated heterocycles. The van der Waals surface area contributed by atoms with E-state index in [9.17, 15) is 18.5 Å². The van der Waals surface area contributed by atoms with Gasteiger partial charge in [-0.05, 0) is 30.4 Å². The summed E-state index contributed by atoms with van der Waals surface area (Å²) in [4.78, 5) is 10.2. The van der Waals surface area contributed by atoms with Crippen LogP contribution in [0.15, 0.2) is 23.1 Å². The highest BCUT2D eigenvalue weighted by atomic mass is 32.2. The zero-order valence-corrected chi connectivity index (χ0v) is 12.2. The summed E-state index contributed by atoms with van der Waals surface area (Å²) in [5.41, 5.74) is 0.0558. The normalized spacial score (nSPS) is 16.7. The van der Waals surface area contributed by atoms with Crippen molar-refractivity contribution in [1.82, 2.24) is 4.72 Å². The van der Waals surface area contributed by atoms with Gasteiger partial charge in [0.2, 0.25) is 10.0 Å². The highest BCUT2D eigenvalue weighted by molar-refractivity contribution is 7.89. The van der Waals surface area contributed by atoms with Crippen molar-refractivity contribution in [1.29, 1.82) is 0 Å². The first-order chi connectivity index (χ1) is 9.27. The largest absolute Gasteiger partial charge is 0.383 e. The van der Waals surface area contributed by atoms with Crippen LogP contribution < -0.4 is 10.0 Å². The molecule has 2 N–H and O–H groups in total. The summed E-state index contributed by atoms with van der Waals surface area (Å²) >= 11 is 0. The average Bonchev–Trinajstić information content (AvgIpc) is 3.14. The first-order valence-corrected chi connectivity index (χ1v) is 7.72. The van der Waals surface area contributed by atoms with Gasteiger partial charge in [0.1, 0.15) is 5.69 Å². The first kappa shape index (κ1) is 14.7. The van der Waals surface area contributed by atoms with Gasteiger partial charge in [0.25, 0.3) is 5.69 Å². The second-order valence-electron chi connectivity index (χ2n) is 5.32. The van der Waals surface area contributed by atoms with Crippen LogP contribution in [0.1, 0.15) is 19.8 Å². The molecule has 1 fully saturated rings. The van der Waals surface area contributed by atoms with Gasteiger partial charge in [-0.1, -0.05) is 6.92 Å². The smallest absolute Gasteiger partial charge is 0.293 e. The van der Waals surface area contributed by atoms with Crippen molar-refractivity contribution in [3.05, 3.63) is 28.3 Å². The topological polar surface area (TPSA) is 101 Å². The van der Waals surface area contributed by atoms with E-state index in [-0.39, 0.29) is 21.7 Å². The minimum Gasteiger partial charge on any atom is -0.383 e. The molecule has 8 heteroatoms. The van der Waals surface area contributed by atoms with Crippen LogP contribution in [0.5, 0.6) is 0 Å². The summed E-state index contributed by atoms with van der Waals surface area (Å²) in [6.07, 6.45) is 1.99. The van der Waals surface area contributed by atoms with Crippen LogP contribution in [-0.2, 0) is 10.0 Å². The molecule has 0 aliphatic heterocycles. The van der Waals surface area contributed by atoms with E-state index >= 15 is 0 Å². The number of benzene rings is 1. The van der Waals surface area contributed by atoms with Gasteiger partial charge in [0.15, 0.2) is 0 Å². The third-order valence-electron chi connectivity index (χ3n) is 3.54. The van der Waals surface area contributed by atoms with E-state index in [4.69, 9.17) is 0 Å². The molecule has 0 amide bonds. The maximum Gasteiger partial charge on any atom is 0.293 e. The van der Waals surface area contributed by atoms with E-state index in [0.29, 0.717) is 6.54 Å². The van der Waals surface area contributed by atoms with E-state index in [1.54, 1.807) is 7.05 Å². The Kier molecular flexibility index (Phi) is 3.70. The molecule has 20 heavy (non-hydrogen) atoms. The van der Waals surface area contributed by atoms with Crippen molar-refractivity contribution in [2.24, 2.45) is 5.41 Å². The van der Waals surface area contributed by atoms with Crippen LogP contribution in [0, 0.1) is 15.5 Å². The molecule has 2 rings (SSSR count). The number of sulfonamides is 1. The molecule has 1 aromatic carbocycles. The Labute approximate surface area is 117 Å². The van der Waals surface area contributed by atoms with Crippen molar-refractivity contribution in [2.75, 3.05) is 18.9 Å². The van der Waals surface area contributed by atoms with Gasteiger partial charge in [-0.2, -0.15) is 0 Å². The summed E-state index contributed by atoms with van der Waals surface area (Å²) in [5, 5.41) is 13.6. The maximum absolute atomic E-state index is 12.1. The Morgan fingerprint density at radius 3 is 2.55 bits per heavy atom. The molecular weight excluding hydrogens is 282 g/mol. The Morgan fingerprint density at radius 2 is 2.05 bits per heavy atom. The predicted octanol–water partition coefficient (Wildman–Crippen LogP) is 1.71. The van der Waals surface area contributed by atoms with E-state index in [1.807, 2.05) is 6.92 Å². The highest BCUT2D eigenvalue weighted by Crippen LogP contribution is 2.44. The molecule has 1 aliphatic rings. The lowest BCUT2D eigenvalue weighted by Crippen LogP contribution is -2.29. The first-order valence-electron chi connectivity index (χ1n) is 6.23. The molecule has 0 radical (unpaired) electrons. The van der Waals surface area contributed by atoms with Crippen LogP contribution in [0.25, 0.3) is 0 Å². The summed E-state index contributed by atoms with van der Waals surface area (Å²) in [5.74, 6) is 0. The molecule has 0 heterocycles. The van der Waals surface area contributed by atoms with E-state index < -0.39 is 14.9 Å². The molecule has 0 spiro atoms. The third kappa shape index (κ3) is 3.07. The summed E-state index contributed by atoms with van der Waals surface area (Å²) in [6.45, 7) is 2.36. The molecule has 1 aliphatic carbocycles. The van der Waals surface area contributed by atoms with Crippen LogP contribution in [0.3, 0.4) is 0 Å². The van der Waals surface area contributed by atoms with Gasteiger partial charge in [-0.3, -0.25) is 10.1 Å². The Hall–Kier alpha value is -1.67. The van der Waals surface area contributed by atoms with E-state index in [2.05, 4.69) is 10.0 Å². The Morgan fingerprint density at radius 1 is 1.40 bits per heavy atom. The van der Waals surface area contributed by atoms with Gasteiger partial charge in [-0.25, -0.2) is 13.1 Å². The molecule has 110 valence electrons. The second-order valence-corrected chi connectivity index (χ2v) is 7.09. The van der Waals surface area contributed by atoms with Crippen molar-refractivity contribution in [3.8, 4) is 0 Å². The van der Waals surface area contributed by atoms with Gasteiger partial charge >= 0.3 is 0 Å². The fourth-order valence-corrected chi connectivity index (χ4v) is 3.00. The molecular formula is C12H17N3O4S. The lowest BCUT2D eigenvalue weighted by atomic mass is 10.2. The molecule has 1 aromatic rings. The van der Waals surface area contributed by atoms with E-state index in [1.165, 1.54) is 12.1 Å². The fourth-order valence-electron chi connectivity index (χ4n) is 1.78. The summed E-state index contributed by atoms with van der Waals surface area (Å²) < 4.78 is 26.8. The van der Waals surface area contributed by atoms with E-state index in [0.717, 1.165) is 18.9 Å². The average molecular weight is 299 g/mol. The molecule has 1 saturated carbocycles. The maximum atomic E-state index is 12.1. The predicted molar refractivity (Wildman–Crippen MR) is 75.2 cm³/mol. The minimum atomic E-state index is -3.72. The second kappa shape index (κ2) is 5.02. The fraction of sp³-hybridized carbons (Fsp3) is 0.500. The van der Waals surface area contributed by atoms with Crippen molar-refractivity contribution in [2.45, 2.75) is 24.7 Å². The van der Waals surface area contributed by atoms with Crippen molar-refractivity contribution < 1.29 is 13.3 Å². The monoisotopic (exact) mass is 299 g/mol. The third-order valence-corrected chi connectivity index (χ3v) is 4.94. The highest BCUT2D eigenvalue weighted by Gasteiger charge is 2.38. The summed E-state index contributed by atoms with van der Waals surface area (Å²) in [7, 11) is -2.17. The number of hydrogen-bond donors (Lipinski definition) is 2. The molecule has 0 aromatic heterocycles. The standard InChI is InChI=1S/C12H17N3O4S/c1-12(5-6-12)8-14-20(18,19)9-3-4-10(13-2)11(7-9)15(16)17/h3-4,7,13-14H,5-6,8H2,1-2H3. The minimum absolute atomic E-state index is 0.0317. The Bertz CT molecular complexity index is 638.